The Morgan fingerprint density at radius 3 is 2.05 bits per heavy atom. The van der Waals surface area contributed by atoms with Gasteiger partial charge in [-0.3, -0.25) is 4.57 Å². The summed E-state index contributed by atoms with van der Waals surface area (Å²) in [7, 11) is -0.538. The van der Waals surface area contributed by atoms with Crippen LogP contribution in [-0.2, 0) is 27.1 Å². The van der Waals surface area contributed by atoms with E-state index in [-0.39, 0.29) is 13.0 Å². The summed E-state index contributed by atoms with van der Waals surface area (Å²) in [6.07, 6.45) is 0.626. The van der Waals surface area contributed by atoms with E-state index in [1.54, 1.807) is 0 Å². The third-order valence-electron chi connectivity index (χ3n) is 3.40. The number of aryl methyl sites for hydroxylation is 1. The Labute approximate surface area is 131 Å². The highest BCUT2D eigenvalue weighted by Crippen LogP contribution is 2.32. The van der Waals surface area contributed by atoms with Crippen LogP contribution in [0.4, 0.5) is 0 Å². The Kier molecular flexibility index (Phi) is 5.82. The lowest BCUT2D eigenvalue weighted by Gasteiger charge is -2.22. The Morgan fingerprint density at radius 2 is 1.55 bits per heavy atom. The first kappa shape index (κ1) is 16.3. The molecule has 2 aromatic carbocycles. The van der Waals surface area contributed by atoms with Gasteiger partial charge in [-0.2, -0.15) is 0 Å². The number of ether oxygens (including phenoxy) is 1. The van der Waals surface area contributed by atoms with E-state index >= 15 is 0 Å². The van der Waals surface area contributed by atoms with Crippen LogP contribution >= 0.6 is 8.46 Å². The van der Waals surface area contributed by atoms with Crippen LogP contribution in [0, 0.1) is 0 Å². The lowest BCUT2D eigenvalue weighted by Crippen LogP contribution is -2.36. The molecule has 0 fully saturated rings. The molecule has 1 unspecified atom stereocenters. The highest BCUT2D eigenvalue weighted by Gasteiger charge is 2.41. The molecule has 1 N–H and O–H groups in total. The zero-order valence-electron chi connectivity index (χ0n) is 12.0. The third-order valence-corrected chi connectivity index (χ3v) is 4.24. The van der Waals surface area contributed by atoms with Crippen molar-refractivity contribution in [3.63, 3.8) is 0 Å². The second kappa shape index (κ2) is 7.83. The number of benzene rings is 2. The number of carboxylic acid groups (broad SMARTS) is 1. The fourth-order valence-corrected chi connectivity index (χ4v) is 2.49. The highest BCUT2D eigenvalue weighted by molar-refractivity contribution is 7.27. The van der Waals surface area contributed by atoms with Gasteiger partial charge in [-0.1, -0.05) is 60.7 Å². The first-order valence-corrected chi connectivity index (χ1v) is 7.77. The molecule has 0 aromatic heterocycles. The van der Waals surface area contributed by atoms with Gasteiger partial charge in [0.05, 0.1) is 6.61 Å². The minimum absolute atomic E-state index is 0.108. The molecule has 5 heteroatoms. The molecule has 0 saturated carbocycles. The molecule has 2 aromatic rings. The Balaban J connectivity index is 2.06. The first-order chi connectivity index (χ1) is 10.7. The lowest BCUT2D eigenvalue weighted by molar-refractivity contribution is -0.156. The molecule has 114 valence electrons. The van der Waals surface area contributed by atoms with Gasteiger partial charge < -0.3 is 9.84 Å². The smallest absolute Gasteiger partial charge is 0.348 e. The zero-order chi connectivity index (χ0) is 15.8. The molecule has 2 rings (SSSR count). The lowest BCUT2D eigenvalue weighted by atomic mass is 10.1. The van der Waals surface area contributed by atoms with Crippen LogP contribution in [0.5, 0.6) is 0 Å². The van der Waals surface area contributed by atoms with E-state index in [0.717, 1.165) is 11.1 Å². The SMILES string of the molecule is O=PC(CCc1ccccc1)(OCc1ccccc1)C(=O)O. The molecule has 0 heterocycles. The summed E-state index contributed by atoms with van der Waals surface area (Å²) in [6.45, 7) is 0.108. The van der Waals surface area contributed by atoms with Gasteiger partial charge in [0.2, 0.25) is 13.8 Å². The largest absolute Gasteiger partial charge is 0.478 e. The van der Waals surface area contributed by atoms with Crippen molar-refractivity contribution in [2.24, 2.45) is 0 Å². The number of rotatable bonds is 8. The van der Waals surface area contributed by atoms with Crippen molar-refractivity contribution in [1.82, 2.24) is 0 Å². The molecule has 1 atom stereocenters. The van der Waals surface area contributed by atoms with Crippen molar-refractivity contribution in [3.8, 4) is 0 Å². The van der Waals surface area contributed by atoms with Crippen LogP contribution in [0.15, 0.2) is 60.7 Å². The molecule has 0 aliphatic heterocycles. The van der Waals surface area contributed by atoms with E-state index in [1.807, 2.05) is 60.7 Å². The molecule has 0 spiro atoms. The topological polar surface area (TPSA) is 63.6 Å². The van der Waals surface area contributed by atoms with E-state index < -0.39 is 19.8 Å². The van der Waals surface area contributed by atoms with Crippen LogP contribution in [0.1, 0.15) is 17.5 Å². The Hall–Kier alpha value is -2.03. The predicted molar refractivity (Wildman–Crippen MR) is 84.0 cm³/mol. The quantitative estimate of drug-likeness (QED) is 0.750. The van der Waals surface area contributed by atoms with Gasteiger partial charge in [0, 0.05) is 6.42 Å². The van der Waals surface area contributed by atoms with Crippen molar-refractivity contribution >= 4 is 14.4 Å². The van der Waals surface area contributed by atoms with E-state index in [1.165, 1.54) is 0 Å². The van der Waals surface area contributed by atoms with Crippen molar-refractivity contribution in [2.75, 3.05) is 0 Å². The highest BCUT2D eigenvalue weighted by atomic mass is 31.1. The summed E-state index contributed by atoms with van der Waals surface area (Å²) in [5, 5.41) is 7.73. The molecular weight excluding hydrogens is 299 g/mol. The predicted octanol–water partition coefficient (Wildman–Crippen LogP) is 3.91. The Morgan fingerprint density at radius 1 is 1.00 bits per heavy atom. The maximum Gasteiger partial charge on any atom is 0.348 e. The standard InChI is InChI=1S/C17H17O4P/c18-16(19)17(22-20,12-11-14-7-3-1-4-8-14)21-13-15-9-5-2-6-10-15/h1-10H,11-13H2,(H,18,19). The second-order valence-corrected chi connectivity index (χ2v) is 5.85. The molecule has 0 saturated heterocycles. The molecule has 0 aliphatic rings. The van der Waals surface area contributed by atoms with Gasteiger partial charge >= 0.3 is 5.97 Å². The van der Waals surface area contributed by atoms with Crippen LogP contribution in [0.2, 0.25) is 0 Å². The molecule has 0 radical (unpaired) electrons. The molecule has 0 aliphatic carbocycles. The van der Waals surface area contributed by atoms with E-state index in [9.17, 15) is 14.5 Å². The van der Waals surface area contributed by atoms with Crippen molar-refractivity contribution in [1.29, 1.82) is 0 Å². The van der Waals surface area contributed by atoms with Crippen LogP contribution < -0.4 is 0 Å². The number of aliphatic carboxylic acids is 1. The number of carboxylic acids is 1. The summed E-state index contributed by atoms with van der Waals surface area (Å²) in [5.41, 5.74) is 1.83. The van der Waals surface area contributed by atoms with Gasteiger partial charge in [0.15, 0.2) is 0 Å². The third kappa shape index (κ3) is 4.23. The summed E-state index contributed by atoms with van der Waals surface area (Å²) < 4.78 is 17.0. The van der Waals surface area contributed by atoms with Gasteiger partial charge in [-0.05, 0) is 17.5 Å². The molecule has 22 heavy (non-hydrogen) atoms. The van der Waals surface area contributed by atoms with Crippen molar-refractivity contribution < 1.29 is 19.2 Å². The normalized spacial score (nSPS) is 13.6. The zero-order valence-corrected chi connectivity index (χ0v) is 12.9. The van der Waals surface area contributed by atoms with Crippen LogP contribution in [0.25, 0.3) is 0 Å². The van der Waals surface area contributed by atoms with Crippen molar-refractivity contribution in [2.45, 2.75) is 24.8 Å². The van der Waals surface area contributed by atoms with Crippen molar-refractivity contribution in [3.05, 3.63) is 71.8 Å². The van der Waals surface area contributed by atoms with Gasteiger partial charge in [-0.15, -0.1) is 0 Å². The van der Waals surface area contributed by atoms with E-state index in [4.69, 9.17) is 4.74 Å². The molecule has 4 nitrogen and oxygen atoms in total. The minimum atomic E-state index is -1.72. The van der Waals surface area contributed by atoms with E-state index in [0.29, 0.717) is 6.42 Å². The van der Waals surface area contributed by atoms with E-state index in [2.05, 4.69) is 0 Å². The summed E-state index contributed by atoms with van der Waals surface area (Å²) in [6, 6.07) is 18.7. The molecule has 0 amide bonds. The first-order valence-electron chi connectivity index (χ1n) is 6.96. The average Bonchev–Trinajstić information content (AvgIpc) is 2.57. The summed E-state index contributed by atoms with van der Waals surface area (Å²) >= 11 is 0. The monoisotopic (exact) mass is 316 g/mol. The maximum atomic E-state index is 11.6. The number of hydrogen-bond donors (Lipinski definition) is 1. The number of hydrogen-bond acceptors (Lipinski definition) is 3. The van der Waals surface area contributed by atoms with Crippen LogP contribution in [-0.4, -0.2) is 16.4 Å². The van der Waals surface area contributed by atoms with Gasteiger partial charge in [0.25, 0.3) is 0 Å². The van der Waals surface area contributed by atoms with Crippen LogP contribution in [0.3, 0.4) is 0 Å². The van der Waals surface area contributed by atoms with Gasteiger partial charge in [0.1, 0.15) is 0 Å². The van der Waals surface area contributed by atoms with Gasteiger partial charge in [-0.25, -0.2) is 4.79 Å². The maximum absolute atomic E-state index is 11.6. The molecule has 0 bridgehead atoms. The fourth-order valence-electron chi connectivity index (χ4n) is 2.09. The summed E-state index contributed by atoms with van der Waals surface area (Å²) in [4.78, 5) is 11.6. The Bertz CT molecular complexity index is 570. The second-order valence-electron chi connectivity index (χ2n) is 4.94. The average molecular weight is 316 g/mol. The summed E-state index contributed by atoms with van der Waals surface area (Å²) in [5.74, 6) is -1.21. The minimum Gasteiger partial charge on any atom is -0.478 e. The number of carbonyl (C=O) groups is 1. The molecular formula is C17H17O4P. The fraction of sp³-hybridized carbons (Fsp3) is 0.235.